The van der Waals surface area contributed by atoms with Crippen LogP contribution in [0.4, 0.5) is 0 Å². The number of benzene rings is 2. The molecule has 3 aromatic rings. The summed E-state index contributed by atoms with van der Waals surface area (Å²) in [5.41, 5.74) is 1.50. The first-order valence-electron chi connectivity index (χ1n) is 11.0. The van der Waals surface area contributed by atoms with Crippen molar-refractivity contribution in [1.29, 1.82) is 0 Å². The van der Waals surface area contributed by atoms with Gasteiger partial charge in [0.05, 0.1) is 37.0 Å². The van der Waals surface area contributed by atoms with Gasteiger partial charge >= 0.3 is 0 Å². The molecule has 0 N–H and O–H groups in total. The molecule has 32 heavy (non-hydrogen) atoms. The maximum Gasteiger partial charge on any atom is 0.261 e. The average Bonchev–Trinajstić information content (AvgIpc) is 2.81. The third-order valence-corrected chi connectivity index (χ3v) is 6.29. The Balaban J connectivity index is 1.57. The van der Waals surface area contributed by atoms with E-state index in [9.17, 15) is 9.59 Å². The van der Waals surface area contributed by atoms with Crippen LogP contribution in [-0.2, 0) is 11.3 Å². The summed E-state index contributed by atoms with van der Waals surface area (Å²) in [5, 5.41) is 0.504. The fourth-order valence-corrected chi connectivity index (χ4v) is 4.30. The topological polar surface area (TPSA) is 73.7 Å². The van der Waals surface area contributed by atoms with Crippen molar-refractivity contribution in [3.63, 3.8) is 0 Å². The number of hydrogen-bond donors (Lipinski definition) is 0. The lowest BCUT2D eigenvalue weighted by molar-refractivity contribution is -0.130. The molecule has 7 heteroatoms. The van der Waals surface area contributed by atoms with Crippen molar-refractivity contribution in [3.8, 4) is 11.5 Å². The lowest BCUT2D eigenvalue weighted by atomic mass is 9.92. The molecular formula is C25H29N3O4. The molecule has 1 aliphatic carbocycles. The molecule has 0 atom stereocenters. The van der Waals surface area contributed by atoms with Crippen LogP contribution in [0, 0.1) is 0 Å². The summed E-state index contributed by atoms with van der Waals surface area (Å²) in [7, 11) is 3.44. The summed E-state index contributed by atoms with van der Waals surface area (Å²) < 4.78 is 13.4. The molecule has 1 heterocycles. The first-order chi connectivity index (χ1) is 15.5. The van der Waals surface area contributed by atoms with Gasteiger partial charge in [-0.25, -0.2) is 4.98 Å². The third-order valence-electron chi connectivity index (χ3n) is 6.29. The Bertz CT molecular complexity index is 1150. The lowest BCUT2D eigenvalue weighted by Crippen LogP contribution is -2.40. The Morgan fingerprint density at radius 1 is 1.12 bits per heavy atom. The van der Waals surface area contributed by atoms with Crippen molar-refractivity contribution in [2.75, 3.05) is 14.2 Å². The van der Waals surface area contributed by atoms with E-state index in [1.54, 1.807) is 37.1 Å². The van der Waals surface area contributed by atoms with Gasteiger partial charge in [0.1, 0.15) is 0 Å². The molecule has 0 saturated heterocycles. The standard InChI is InChI=1S/C25H29N3O4/c1-17(29)27(2)19-9-11-20(12-10-19)32-24-13-21-22(14-23(24)31-3)26-16-28(25(21)30)15-18-7-5-4-6-8-18/h4-8,13-14,16,19-20H,9-12,15H2,1-3H3/t19-,20+. The molecule has 168 valence electrons. The molecule has 4 rings (SSSR count). The van der Waals surface area contributed by atoms with Crippen molar-refractivity contribution >= 4 is 16.8 Å². The third kappa shape index (κ3) is 4.61. The summed E-state index contributed by atoms with van der Waals surface area (Å²) in [4.78, 5) is 31.1. The molecule has 1 aromatic heterocycles. The molecule has 0 bridgehead atoms. The van der Waals surface area contributed by atoms with E-state index in [2.05, 4.69) is 4.98 Å². The quantitative estimate of drug-likeness (QED) is 0.591. The minimum Gasteiger partial charge on any atom is -0.493 e. The van der Waals surface area contributed by atoms with E-state index in [-0.39, 0.29) is 23.6 Å². The highest BCUT2D eigenvalue weighted by molar-refractivity contribution is 5.81. The van der Waals surface area contributed by atoms with Crippen LogP contribution in [0.25, 0.3) is 10.9 Å². The Morgan fingerprint density at radius 3 is 2.50 bits per heavy atom. The zero-order chi connectivity index (χ0) is 22.7. The maximum absolute atomic E-state index is 13.1. The number of amides is 1. The van der Waals surface area contributed by atoms with Gasteiger partial charge < -0.3 is 14.4 Å². The van der Waals surface area contributed by atoms with Gasteiger partial charge in [-0.3, -0.25) is 14.2 Å². The van der Waals surface area contributed by atoms with Crippen molar-refractivity contribution in [2.24, 2.45) is 0 Å². The van der Waals surface area contributed by atoms with E-state index in [1.807, 2.05) is 42.3 Å². The van der Waals surface area contributed by atoms with E-state index < -0.39 is 0 Å². The molecule has 1 amide bonds. The van der Waals surface area contributed by atoms with Crippen LogP contribution < -0.4 is 15.0 Å². The molecule has 1 aliphatic rings. The van der Waals surface area contributed by atoms with Crippen LogP contribution >= 0.6 is 0 Å². The van der Waals surface area contributed by atoms with Crippen LogP contribution in [0.15, 0.2) is 53.6 Å². The van der Waals surface area contributed by atoms with E-state index >= 15 is 0 Å². The minimum absolute atomic E-state index is 0.0150. The lowest BCUT2D eigenvalue weighted by Gasteiger charge is -2.34. The normalized spacial score (nSPS) is 18.3. The summed E-state index contributed by atoms with van der Waals surface area (Å²) in [6, 6.07) is 13.6. The zero-order valence-corrected chi connectivity index (χ0v) is 18.8. The van der Waals surface area contributed by atoms with E-state index in [1.165, 1.54) is 0 Å². The molecule has 0 aliphatic heterocycles. The highest BCUT2D eigenvalue weighted by atomic mass is 16.5. The van der Waals surface area contributed by atoms with Gasteiger partial charge in [0, 0.05) is 26.1 Å². The summed E-state index contributed by atoms with van der Waals surface area (Å²) in [6.07, 6.45) is 5.05. The highest BCUT2D eigenvalue weighted by Gasteiger charge is 2.27. The van der Waals surface area contributed by atoms with Crippen LogP contribution in [0.2, 0.25) is 0 Å². The van der Waals surface area contributed by atoms with E-state index in [0.29, 0.717) is 28.9 Å². The molecule has 7 nitrogen and oxygen atoms in total. The monoisotopic (exact) mass is 435 g/mol. The minimum atomic E-state index is -0.113. The molecule has 0 spiro atoms. The first-order valence-corrected chi connectivity index (χ1v) is 11.0. The highest BCUT2D eigenvalue weighted by Crippen LogP contribution is 2.34. The smallest absolute Gasteiger partial charge is 0.261 e. The number of methoxy groups -OCH3 is 1. The summed E-state index contributed by atoms with van der Waals surface area (Å²) in [6.45, 7) is 2.06. The summed E-state index contributed by atoms with van der Waals surface area (Å²) >= 11 is 0. The fourth-order valence-electron chi connectivity index (χ4n) is 4.30. The molecule has 1 saturated carbocycles. The number of rotatable bonds is 6. The van der Waals surface area contributed by atoms with E-state index in [0.717, 1.165) is 31.2 Å². The van der Waals surface area contributed by atoms with Gasteiger partial charge in [0.25, 0.3) is 5.56 Å². The molecule has 0 unspecified atom stereocenters. The van der Waals surface area contributed by atoms with Crippen LogP contribution in [0.3, 0.4) is 0 Å². The molecule has 1 fully saturated rings. The Labute approximate surface area is 187 Å². The number of hydrogen-bond acceptors (Lipinski definition) is 5. The Hall–Kier alpha value is -3.35. The molecule has 0 radical (unpaired) electrons. The van der Waals surface area contributed by atoms with Gasteiger partial charge in [-0.05, 0) is 37.3 Å². The predicted octanol–water partition coefficient (Wildman–Crippen LogP) is 3.62. The van der Waals surface area contributed by atoms with Gasteiger partial charge in [-0.1, -0.05) is 30.3 Å². The second kappa shape index (κ2) is 9.42. The number of carbonyl (C=O) groups excluding carboxylic acids is 1. The van der Waals surface area contributed by atoms with Gasteiger partial charge in [0.15, 0.2) is 11.5 Å². The summed E-state index contributed by atoms with van der Waals surface area (Å²) in [5.74, 6) is 1.21. The second-order valence-corrected chi connectivity index (χ2v) is 8.36. The SMILES string of the molecule is COc1cc2ncn(Cc3ccccc3)c(=O)c2cc1O[C@H]1CC[C@@H](N(C)C(C)=O)CC1. The van der Waals surface area contributed by atoms with Crippen LogP contribution in [0.1, 0.15) is 38.2 Å². The zero-order valence-electron chi connectivity index (χ0n) is 18.8. The van der Waals surface area contributed by atoms with Crippen molar-refractivity contribution in [2.45, 2.75) is 51.3 Å². The second-order valence-electron chi connectivity index (χ2n) is 8.36. The Morgan fingerprint density at radius 2 is 1.84 bits per heavy atom. The van der Waals surface area contributed by atoms with Gasteiger partial charge in [-0.2, -0.15) is 0 Å². The van der Waals surface area contributed by atoms with Crippen molar-refractivity contribution in [3.05, 3.63) is 64.7 Å². The van der Waals surface area contributed by atoms with E-state index in [4.69, 9.17) is 9.47 Å². The number of ether oxygens (including phenoxy) is 2. The fraction of sp³-hybridized carbons (Fsp3) is 0.400. The maximum atomic E-state index is 13.1. The Kier molecular flexibility index (Phi) is 6.44. The number of nitrogens with zero attached hydrogens (tertiary/aromatic N) is 3. The predicted molar refractivity (Wildman–Crippen MR) is 123 cm³/mol. The van der Waals surface area contributed by atoms with Gasteiger partial charge in [0.2, 0.25) is 5.91 Å². The average molecular weight is 436 g/mol. The van der Waals surface area contributed by atoms with Crippen LogP contribution in [-0.4, -0.2) is 46.7 Å². The number of carbonyl (C=O) groups is 1. The van der Waals surface area contributed by atoms with Gasteiger partial charge in [-0.15, -0.1) is 0 Å². The van der Waals surface area contributed by atoms with Crippen molar-refractivity contribution in [1.82, 2.24) is 14.5 Å². The number of fused-ring (bicyclic) bond motifs is 1. The first kappa shape index (κ1) is 21.9. The largest absolute Gasteiger partial charge is 0.493 e. The van der Waals surface area contributed by atoms with Crippen molar-refractivity contribution < 1.29 is 14.3 Å². The molecule has 2 aromatic carbocycles. The number of aromatic nitrogens is 2. The molecular weight excluding hydrogens is 406 g/mol. The van der Waals surface area contributed by atoms with Crippen LogP contribution in [0.5, 0.6) is 11.5 Å².